The maximum atomic E-state index is 12.1. The molecule has 1 saturated carbocycles. The van der Waals surface area contributed by atoms with Gasteiger partial charge in [0, 0.05) is 5.56 Å². The molecule has 9 heteroatoms. The zero-order valence-corrected chi connectivity index (χ0v) is 25.9. The monoisotopic (exact) mass is 603 g/mol. The number of benzene rings is 1. The highest BCUT2D eigenvalue weighted by molar-refractivity contribution is 7.98. The van der Waals surface area contributed by atoms with Crippen molar-refractivity contribution in [1.82, 2.24) is 5.32 Å². The van der Waals surface area contributed by atoms with Gasteiger partial charge in [-0.1, -0.05) is 69.4 Å². The van der Waals surface area contributed by atoms with Gasteiger partial charge in [0.15, 0.2) is 5.72 Å². The molecule has 4 N–H and O–H groups in total. The number of rotatable bonds is 18. The minimum absolute atomic E-state index is 0.0861. The normalized spacial score (nSPS) is 24.7. The Morgan fingerprint density at radius 1 is 1.24 bits per heavy atom. The van der Waals surface area contributed by atoms with Gasteiger partial charge in [-0.15, -0.1) is 0 Å². The van der Waals surface area contributed by atoms with Gasteiger partial charge in [-0.05, 0) is 65.9 Å². The lowest BCUT2D eigenvalue weighted by Crippen LogP contribution is -2.45. The molecule has 1 saturated heterocycles. The van der Waals surface area contributed by atoms with E-state index in [1.807, 2.05) is 6.26 Å². The zero-order chi connectivity index (χ0) is 30.0. The van der Waals surface area contributed by atoms with Crippen LogP contribution in [0.25, 0.3) is 5.57 Å². The lowest BCUT2D eigenvalue weighted by Gasteiger charge is -2.28. The molecule has 0 spiro atoms. The number of carboxylic acids is 1. The van der Waals surface area contributed by atoms with Gasteiger partial charge in [-0.2, -0.15) is 11.8 Å². The molecule has 1 aromatic carbocycles. The summed E-state index contributed by atoms with van der Waals surface area (Å²) in [6.07, 6.45) is 16.0. The minimum atomic E-state index is -0.887. The molecule has 8 nitrogen and oxygen atoms in total. The molecule has 2 fully saturated rings. The van der Waals surface area contributed by atoms with E-state index < -0.39 is 23.8 Å². The summed E-state index contributed by atoms with van der Waals surface area (Å²) in [7, 11) is 0. The second-order valence-corrected chi connectivity index (χ2v) is 13.0. The van der Waals surface area contributed by atoms with Crippen LogP contribution in [-0.4, -0.2) is 78.0 Å². The number of carbonyl (C=O) groups is 1. The van der Waals surface area contributed by atoms with E-state index in [4.69, 9.17) is 19.3 Å². The van der Waals surface area contributed by atoms with Crippen LogP contribution < -0.4 is 5.32 Å². The largest absolute Gasteiger partial charge is 0.480 e. The Bertz CT molecular complexity index is 1070. The first-order valence-electron chi connectivity index (χ1n) is 15.5. The maximum Gasteiger partial charge on any atom is 0.320 e. The molecule has 234 valence electrons. The fourth-order valence-electron chi connectivity index (χ4n) is 6.12. The molecule has 4 rings (SSSR count). The van der Waals surface area contributed by atoms with Crippen LogP contribution in [0.15, 0.2) is 36.4 Å². The van der Waals surface area contributed by atoms with E-state index in [9.17, 15) is 15.0 Å². The number of carboxylic acid groups (broad SMARTS) is 1. The molecule has 3 aliphatic rings. The molecular weight excluding hydrogens is 554 g/mol. The van der Waals surface area contributed by atoms with Crippen LogP contribution in [0, 0.1) is 11.8 Å². The van der Waals surface area contributed by atoms with Gasteiger partial charge in [0.25, 0.3) is 0 Å². The molecule has 0 bridgehead atoms. The molecule has 5 atom stereocenters. The van der Waals surface area contributed by atoms with E-state index in [-0.39, 0.29) is 19.3 Å². The molecule has 1 heterocycles. The summed E-state index contributed by atoms with van der Waals surface area (Å²) in [6, 6.07) is 5.60. The van der Waals surface area contributed by atoms with Crippen molar-refractivity contribution in [3.8, 4) is 0 Å². The Morgan fingerprint density at radius 2 is 2.02 bits per heavy atom. The van der Waals surface area contributed by atoms with Crippen molar-refractivity contribution in [3.05, 3.63) is 53.1 Å². The van der Waals surface area contributed by atoms with Crippen molar-refractivity contribution in [1.29, 1.82) is 0 Å². The van der Waals surface area contributed by atoms with Crippen molar-refractivity contribution in [2.24, 2.45) is 11.8 Å². The van der Waals surface area contributed by atoms with E-state index in [1.54, 1.807) is 11.8 Å². The fourth-order valence-corrected chi connectivity index (χ4v) is 6.59. The number of allylic oxidation sites excluding steroid dienone is 4. The fraction of sp³-hybridized carbons (Fsp3) is 0.667. The average molecular weight is 604 g/mol. The van der Waals surface area contributed by atoms with Crippen LogP contribution in [0.3, 0.4) is 0 Å². The highest BCUT2D eigenvalue weighted by Crippen LogP contribution is 2.43. The van der Waals surface area contributed by atoms with E-state index in [2.05, 4.69) is 48.7 Å². The zero-order valence-electron chi connectivity index (χ0n) is 25.1. The summed E-state index contributed by atoms with van der Waals surface area (Å²) in [5.41, 5.74) is 3.46. The molecule has 42 heavy (non-hydrogen) atoms. The Kier molecular flexibility index (Phi) is 12.9. The summed E-state index contributed by atoms with van der Waals surface area (Å²) in [6.45, 7) is 3.20. The van der Waals surface area contributed by atoms with Crippen LogP contribution in [0.2, 0.25) is 0 Å². The molecule has 2 aliphatic carbocycles. The Balaban J connectivity index is 1.53. The number of aliphatic hydroxyl groups is 2. The Morgan fingerprint density at radius 3 is 2.69 bits per heavy atom. The van der Waals surface area contributed by atoms with E-state index in [0.29, 0.717) is 38.1 Å². The van der Waals surface area contributed by atoms with Crippen LogP contribution in [-0.2, 0) is 31.3 Å². The quantitative estimate of drug-likeness (QED) is 0.174. The molecule has 3 unspecified atom stereocenters. The van der Waals surface area contributed by atoms with Gasteiger partial charge in [-0.25, -0.2) is 0 Å². The summed E-state index contributed by atoms with van der Waals surface area (Å²) in [4.78, 5) is 12.1. The van der Waals surface area contributed by atoms with Gasteiger partial charge < -0.3 is 29.5 Å². The number of aliphatic hydroxyl groups excluding tert-OH is 2. The van der Waals surface area contributed by atoms with Gasteiger partial charge in [0.05, 0.1) is 39.1 Å². The first-order chi connectivity index (χ1) is 20.3. The van der Waals surface area contributed by atoms with Crippen molar-refractivity contribution < 1.29 is 34.3 Å². The Labute approximate surface area is 254 Å². The molecular formula is C33H49NO7S. The molecule has 0 aromatic heterocycles. The lowest BCUT2D eigenvalue weighted by molar-refractivity contribution is -0.140. The van der Waals surface area contributed by atoms with Crippen LogP contribution in [0.5, 0.6) is 0 Å². The predicted molar refractivity (Wildman–Crippen MR) is 166 cm³/mol. The predicted octanol–water partition coefficient (Wildman–Crippen LogP) is 4.87. The highest BCUT2D eigenvalue weighted by Gasteiger charge is 2.50. The average Bonchev–Trinajstić information content (AvgIpc) is 3.78. The topological polar surface area (TPSA) is 121 Å². The van der Waals surface area contributed by atoms with Crippen LogP contribution in [0.1, 0.15) is 75.0 Å². The van der Waals surface area contributed by atoms with Crippen molar-refractivity contribution in [3.63, 3.8) is 0 Å². The van der Waals surface area contributed by atoms with Gasteiger partial charge in [-0.3, -0.25) is 10.1 Å². The number of hydrogen-bond donors (Lipinski definition) is 4. The summed E-state index contributed by atoms with van der Waals surface area (Å²) < 4.78 is 18.2. The molecule has 1 aliphatic heterocycles. The van der Waals surface area contributed by atoms with E-state index in [1.165, 1.54) is 37.7 Å². The highest BCUT2D eigenvalue weighted by atomic mass is 32.2. The standard InChI is InChI=1S/C33H49NO7S/c1-23-8-6-7-11-28(23)29-17-25(12-13-30(29)33(22-41-33)34-31(32(37)38)14-15-42-2)19-40-27(21-39-20-26(36)18-35)16-24-9-4-3-5-10-24/h6-7,11-13,17,23-24,26-27,31,34-36H,3-5,8-10,14-16,18-22H2,1-2H3,(H,37,38)/t23?,26?,27-,31-,33?/m0/s1. The van der Waals surface area contributed by atoms with Crippen molar-refractivity contribution in [2.45, 2.75) is 88.9 Å². The van der Waals surface area contributed by atoms with Crippen LogP contribution in [0.4, 0.5) is 0 Å². The van der Waals surface area contributed by atoms with Crippen molar-refractivity contribution in [2.75, 3.05) is 38.4 Å². The number of ether oxygens (including phenoxy) is 3. The Hall–Kier alpha value is -1.72. The number of hydrogen-bond acceptors (Lipinski definition) is 8. The van der Waals surface area contributed by atoms with E-state index >= 15 is 0 Å². The van der Waals surface area contributed by atoms with Crippen LogP contribution >= 0.6 is 11.8 Å². The summed E-state index contributed by atoms with van der Waals surface area (Å²) >= 11 is 1.64. The second kappa shape index (κ2) is 16.4. The molecule has 0 amide bonds. The third kappa shape index (κ3) is 9.39. The summed E-state index contributed by atoms with van der Waals surface area (Å²) in [5, 5.41) is 32.1. The molecule has 1 aromatic rings. The first-order valence-corrected chi connectivity index (χ1v) is 16.9. The number of nitrogens with one attached hydrogen (secondary N) is 1. The SMILES string of the molecule is CSCC[C@H](NC1(c2ccc(CO[C@H](COCC(O)CO)CC3CCCCC3)cc2C2=CC=CCC2C)CO1)C(=O)O. The number of thioether (sulfide) groups is 1. The number of epoxide rings is 1. The second-order valence-electron chi connectivity index (χ2n) is 12.0. The van der Waals surface area contributed by atoms with Gasteiger partial charge in [0.1, 0.15) is 12.1 Å². The summed E-state index contributed by atoms with van der Waals surface area (Å²) in [5.74, 6) is 0.814. The smallest absolute Gasteiger partial charge is 0.320 e. The van der Waals surface area contributed by atoms with Gasteiger partial charge >= 0.3 is 5.97 Å². The third-order valence-electron chi connectivity index (χ3n) is 8.64. The minimum Gasteiger partial charge on any atom is -0.480 e. The van der Waals surface area contributed by atoms with Gasteiger partial charge in [0.2, 0.25) is 0 Å². The molecule has 0 radical (unpaired) electrons. The third-order valence-corrected chi connectivity index (χ3v) is 9.29. The maximum absolute atomic E-state index is 12.1. The van der Waals surface area contributed by atoms with Crippen molar-refractivity contribution >= 4 is 23.3 Å². The lowest BCUT2D eigenvalue weighted by atomic mass is 9.83. The number of aliphatic carboxylic acids is 1. The van der Waals surface area contributed by atoms with E-state index in [0.717, 1.165) is 35.3 Å². The first kappa shape index (κ1) is 33.2.